The highest BCUT2D eigenvalue weighted by Gasteiger charge is 2.28. The molecule has 1 aliphatic rings. The smallest absolute Gasteiger partial charge is 0.227 e. The number of hydrogen-bond donors (Lipinski definition) is 0. The molecule has 1 aliphatic heterocycles. The van der Waals surface area contributed by atoms with Gasteiger partial charge in [0.05, 0.1) is 30.9 Å². The van der Waals surface area contributed by atoms with E-state index in [2.05, 4.69) is 5.10 Å². The van der Waals surface area contributed by atoms with Gasteiger partial charge in [-0.3, -0.25) is 9.48 Å². The number of hydrogen-bond acceptors (Lipinski definition) is 3. The molecule has 5 nitrogen and oxygen atoms in total. The molecule has 2 unspecified atom stereocenters. The van der Waals surface area contributed by atoms with E-state index in [0.717, 1.165) is 17.0 Å². The third kappa shape index (κ3) is 2.81. The standard InChI is InChI=1S/C14H23N3O2/c1-9-8-19-10(2)7-17(9)14(18)6-13-11(3)15-16(5)12(13)4/h9-10H,6-8H2,1-5H3. The maximum atomic E-state index is 12.5. The van der Waals surface area contributed by atoms with E-state index >= 15 is 0 Å². The van der Waals surface area contributed by atoms with Crippen LogP contribution < -0.4 is 0 Å². The number of ether oxygens (including phenoxy) is 1. The van der Waals surface area contributed by atoms with Crippen LogP contribution in [-0.2, 0) is 23.0 Å². The fraction of sp³-hybridized carbons (Fsp3) is 0.714. The molecule has 1 amide bonds. The van der Waals surface area contributed by atoms with Crippen LogP contribution in [0, 0.1) is 13.8 Å². The molecule has 2 heterocycles. The number of amides is 1. The van der Waals surface area contributed by atoms with E-state index in [0.29, 0.717) is 19.6 Å². The number of aromatic nitrogens is 2. The van der Waals surface area contributed by atoms with Gasteiger partial charge < -0.3 is 9.64 Å². The van der Waals surface area contributed by atoms with Crippen molar-refractivity contribution in [2.24, 2.45) is 7.05 Å². The lowest BCUT2D eigenvalue weighted by molar-refractivity contribution is -0.142. The van der Waals surface area contributed by atoms with Crippen molar-refractivity contribution in [1.82, 2.24) is 14.7 Å². The van der Waals surface area contributed by atoms with Crippen LogP contribution in [0.25, 0.3) is 0 Å². The maximum absolute atomic E-state index is 12.5. The van der Waals surface area contributed by atoms with Gasteiger partial charge >= 0.3 is 0 Å². The summed E-state index contributed by atoms with van der Waals surface area (Å²) in [5.74, 6) is 0.168. The third-order valence-electron chi connectivity index (χ3n) is 3.92. The zero-order valence-electron chi connectivity index (χ0n) is 12.4. The minimum absolute atomic E-state index is 0.122. The second kappa shape index (κ2) is 5.33. The number of carbonyl (C=O) groups excluding carboxylic acids is 1. The summed E-state index contributed by atoms with van der Waals surface area (Å²) in [6.45, 7) is 9.31. The van der Waals surface area contributed by atoms with Gasteiger partial charge in [-0.15, -0.1) is 0 Å². The molecule has 5 heteroatoms. The topological polar surface area (TPSA) is 47.4 Å². The molecule has 2 atom stereocenters. The van der Waals surface area contributed by atoms with Crippen molar-refractivity contribution >= 4 is 5.91 Å². The molecule has 0 radical (unpaired) electrons. The maximum Gasteiger partial charge on any atom is 0.227 e. The molecule has 1 aromatic rings. The number of morpholine rings is 1. The monoisotopic (exact) mass is 265 g/mol. The van der Waals surface area contributed by atoms with Gasteiger partial charge in [0.1, 0.15) is 0 Å². The number of rotatable bonds is 2. The first-order chi connectivity index (χ1) is 8.90. The van der Waals surface area contributed by atoms with Gasteiger partial charge in [0.15, 0.2) is 0 Å². The molecule has 0 N–H and O–H groups in total. The van der Waals surface area contributed by atoms with Gasteiger partial charge in [0.2, 0.25) is 5.91 Å². The van der Waals surface area contributed by atoms with E-state index < -0.39 is 0 Å². The van der Waals surface area contributed by atoms with Crippen LogP contribution in [0.4, 0.5) is 0 Å². The van der Waals surface area contributed by atoms with Gasteiger partial charge in [-0.1, -0.05) is 0 Å². The molecule has 0 aliphatic carbocycles. The van der Waals surface area contributed by atoms with E-state index in [9.17, 15) is 4.79 Å². The van der Waals surface area contributed by atoms with Crippen LogP contribution in [0.3, 0.4) is 0 Å². The third-order valence-corrected chi connectivity index (χ3v) is 3.92. The Labute approximate surface area is 114 Å². The highest BCUT2D eigenvalue weighted by Crippen LogP contribution is 2.17. The lowest BCUT2D eigenvalue weighted by atomic mass is 10.1. The Kier molecular flexibility index (Phi) is 3.94. The summed E-state index contributed by atoms with van der Waals surface area (Å²) >= 11 is 0. The predicted octanol–water partition coefficient (Wildman–Crippen LogP) is 1.22. The molecule has 0 spiro atoms. The SMILES string of the molecule is Cc1nn(C)c(C)c1CC(=O)N1CC(C)OCC1C. The molecule has 0 aromatic carbocycles. The van der Waals surface area contributed by atoms with Crippen LogP contribution in [-0.4, -0.2) is 45.9 Å². The molecule has 106 valence electrons. The Morgan fingerprint density at radius 3 is 2.68 bits per heavy atom. The van der Waals surface area contributed by atoms with Gasteiger partial charge in [0.25, 0.3) is 0 Å². The molecule has 19 heavy (non-hydrogen) atoms. The second-order valence-electron chi connectivity index (χ2n) is 5.49. The highest BCUT2D eigenvalue weighted by molar-refractivity contribution is 5.79. The fourth-order valence-electron chi connectivity index (χ4n) is 2.58. The van der Waals surface area contributed by atoms with Crippen molar-refractivity contribution < 1.29 is 9.53 Å². The normalized spacial score (nSPS) is 23.7. The number of nitrogens with zero attached hydrogens (tertiary/aromatic N) is 3. The summed E-state index contributed by atoms with van der Waals surface area (Å²) in [5.41, 5.74) is 3.07. The number of carbonyl (C=O) groups is 1. The van der Waals surface area contributed by atoms with E-state index in [1.54, 1.807) is 0 Å². The summed E-state index contributed by atoms with van der Waals surface area (Å²) in [5, 5.41) is 4.36. The van der Waals surface area contributed by atoms with Crippen LogP contribution in [0.1, 0.15) is 30.8 Å². The van der Waals surface area contributed by atoms with Crippen molar-refractivity contribution in [3.05, 3.63) is 17.0 Å². The average molecular weight is 265 g/mol. The Morgan fingerprint density at radius 2 is 2.11 bits per heavy atom. The van der Waals surface area contributed by atoms with Crippen LogP contribution in [0.5, 0.6) is 0 Å². The summed E-state index contributed by atoms with van der Waals surface area (Å²) in [6, 6.07) is 0.154. The molecule has 0 saturated carbocycles. The molecule has 1 aromatic heterocycles. The molecule has 0 bridgehead atoms. The molecular weight excluding hydrogens is 242 g/mol. The predicted molar refractivity (Wildman–Crippen MR) is 73.0 cm³/mol. The van der Waals surface area contributed by atoms with E-state index in [-0.39, 0.29) is 18.1 Å². The first-order valence-electron chi connectivity index (χ1n) is 6.80. The molecule has 1 fully saturated rings. The molecule has 1 saturated heterocycles. The molecular formula is C14H23N3O2. The fourth-order valence-corrected chi connectivity index (χ4v) is 2.58. The first kappa shape index (κ1) is 14.1. The minimum atomic E-state index is 0.122. The van der Waals surface area contributed by atoms with Crippen LogP contribution in [0.2, 0.25) is 0 Å². The van der Waals surface area contributed by atoms with Crippen molar-refractivity contribution in [1.29, 1.82) is 0 Å². The summed E-state index contributed by atoms with van der Waals surface area (Å²) < 4.78 is 7.40. The second-order valence-corrected chi connectivity index (χ2v) is 5.49. The first-order valence-corrected chi connectivity index (χ1v) is 6.80. The highest BCUT2D eigenvalue weighted by atomic mass is 16.5. The van der Waals surface area contributed by atoms with Crippen LogP contribution >= 0.6 is 0 Å². The van der Waals surface area contributed by atoms with E-state index in [1.165, 1.54) is 0 Å². The Bertz CT molecular complexity index is 481. The lowest BCUT2D eigenvalue weighted by Gasteiger charge is -2.37. The minimum Gasteiger partial charge on any atom is -0.375 e. The van der Waals surface area contributed by atoms with Crippen molar-refractivity contribution in [2.75, 3.05) is 13.2 Å². The largest absolute Gasteiger partial charge is 0.375 e. The summed E-state index contributed by atoms with van der Waals surface area (Å²) in [7, 11) is 1.91. The van der Waals surface area contributed by atoms with Gasteiger partial charge in [-0.05, 0) is 27.7 Å². The zero-order valence-corrected chi connectivity index (χ0v) is 12.4. The molecule has 2 rings (SSSR count). The zero-order chi connectivity index (χ0) is 14.2. The summed E-state index contributed by atoms with van der Waals surface area (Å²) in [6.07, 6.45) is 0.555. The Hall–Kier alpha value is -1.36. The van der Waals surface area contributed by atoms with E-state index in [1.807, 2.05) is 44.3 Å². The average Bonchev–Trinajstić information content (AvgIpc) is 2.59. The van der Waals surface area contributed by atoms with Gasteiger partial charge in [0, 0.05) is 24.8 Å². The van der Waals surface area contributed by atoms with Crippen molar-refractivity contribution in [3.63, 3.8) is 0 Å². The van der Waals surface area contributed by atoms with Crippen molar-refractivity contribution in [2.45, 2.75) is 46.3 Å². The quantitative estimate of drug-likeness (QED) is 0.807. The Morgan fingerprint density at radius 1 is 1.42 bits per heavy atom. The van der Waals surface area contributed by atoms with E-state index in [4.69, 9.17) is 4.74 Å². The van der Waals surface area contributed by atoms with Gasteiger partial charge in [-0.2, -0.15) is 5.10 Å². The van der Waals surface area contributed by atoms with Crippen molar-refractivity contribution in [3.8, 4) is 0 Å². The van der Waals surface area contributed by atoms with Crippen LogP contribution in [0.15, 0.2) is 0 Å². The Balaban J connectivity index is 2.12. The van der Waals surface area contributed by atoms with Gasteiger partial charge in [-0.25, -0.2) is 0 Å². The number of aryl methyl sites for hydroxylation is 2. The summed E-state index contributed by atoms with van der Waals surface area (Å²) in [4.78, 5) is 14.4. The lowest BCUT2D eigenvalue weighted by Crippen LogP contribution is -2.50.